The summed E-state index contributed by atoms with van der Waals surface area (Å²) in [6.07, 6.45) is 3.14. The van der Waals surface area contributed by atoms with Gasteiger partial charge in [-0.3, -0.25) is 9.59 Å². The van der Waals surface area contributed by atoms with E-state index in [1.807, 2.05) is 18.2 Å². The molecule has 6 heteroatoms. The Hall–Kier alpha value is -3.15. The van der Waals surface area contributed by atoms with E-state index < -0.39 is 0 Å². The molecule has 0 fully saturated rings. The molecule has 0 saturated carbocycles. The highest BCUT2D eigenvalue weighted by Gasteiger charge is 2.31. The number of rotatable bonds is 0. The molecule has 1 aliphatic carbocycles. The Labute approximate surface area is 154 Å². The molecule has 3 aliphatic rings. The number of carbonyl (C=O) groups excluding carboxylic acids is 1. The first-order valence-electron chi connectivity index (χ1n) is 9.26. The smallest absolute Gasteiger partial charge is 0.310 e. The maximum Gasteiger partial charge on any atom is 0.310 e. The lowest BCUT2D eigenvalue weighted by atomic mass is 9.86. The van der Waals surface area contributed by atoms with Crippen LogP contribution in [0.25, 0.3) is 22.3 Å². The van der Waals surface area contributed by atoms with E-state index in [-0.39, 0.29) is 24.6 Å². The van der Waals surface area contributed by atoms with Gasteiger partial charge in [-0.25, -0.2) is 4.98 Å². The highest BCUT2D eigenvalue weighted by atomic mass is 16.5. The third kappa shape index (κ3) is 1.87. The Morgan fingerprint density at radius 2 is 1.93 bits per heavy atom. The minimum atomic E-state index is -0.285. The Morgan fingerprint density at radius 1 is 1.07 bits per heavy atom. The van der Waals surface area contributed by atoms with Gasteiger partial charge >= 0.3 is 5.97 Å². The number of ether oxygens (including phenoxy) is 1. The summed E-state index contributed by atoms with van der Waals surface area (Å²) in [6, 6.07) is 5.85. The minimum absolute atomic E-state index is 0.0621. The number of aryl methyl sites for hydroxylation is 2. The Kier molecular flexibility index (Phi) is 2.75. The maximum atomic E-state index is 13.0. The maximum absolute atomic E-state index is 13.0. The molecule has 6 rings (SSSR count). The topological polar surface area (TPSA) is 87.2 Å². The van der Waals surface area contributed by atoms with Crippen LogP contribution >= 0.6 is 0 Å². The molecule has 0 spiro atoms. The zero-order valence-corrected chi connectivity index (χ0v) is 14.7. The number of aromatic nitrogens is 2. The van der Waals surface area contributed by atoms with E-state index in [2.05, 4.69) is 0 Å². The third-order valence-corrected chi connectivity index (χ3v) is 6.13. The second kappa shape index (κ2) is 4.97. The molecule has 0 unspecified atom stereocenters. The van der Waals surface area contributed by atoms with Crippen molar-refractivity contribution in [1.82, 2.24) is 9.55 Å². The summed E-state index contributed by atoms with van der Waals surface area (Å²) in [5.74, 6) is -0.285. The van der Waals surface area contributed by atoms with Gasteiger partial charge in [0.05, 0.1) is 35.4 Å². The van der Waals surface area contributed by atoms with Crippen LogP contribution in [0.5, 0.6) is 0 Å². The van der Waals surface area contributed by atoms with Gasteiger partial charge in [0.1, 0.15) is 6.61 Å². The summed E-state index contributed by atoms with van der Waals surface area (Å²) >= 11 is 0. The average Bonchev–Trinajstić information content (AvgIpc) is 3.04. The fourth-order valence-corrected chi connectivity index (χ4v) is 4.85. The van der Waals surface area contributed by atoms with E-state index in [1.54, 1.807) is 4.57 Å². The van der Waals surface area contributed by atoms with E-state index in [9.17, 15) is 9.59 Å². The fraction of sp³-hybridized carbons (Fsp3) is 0.286. The highest BCUT2D eigenvalue weighted by Crippen LogP contribution is 2.41. The van der Waals surface area contributed by atoms with Crippen molar-refractivity contribution >= 4 is 22.6 Å². The Bertz CT molecular complexity index is 1260. The number of hydrogen-bond donors (Lipinski definition) is 1. The summed E-state index contributed by atoms with van der Waals surface area (Å²) in [5, 5.41) is 1.17. The molecule has 0 saturated heterocycles. The molecule has 2 aliphatic heterocycles. The summed E-state index contributed by atoms with van der Waals surface area (Å²) in [5.41, 5.74) is 14.5. The molecule has 0 radical (unpaired) electrons. The van der Waals surface area contributed by atoms with E-state index in [4.69, 9.17) is 15.5 Å². The second-order valence-corrected chi connectivity index (χ2v) is 7.56. The summed E-state index contributed by atoms with van der Waals surface area (Å²) < 4.78 is 6.87. The first-order valence-corrected chi connectivity index (χ1v) is 9.26. The van der Waals surface area contributed by atoms with Gasteiger partial charge in [0, 0.05) is 16.6 Å². The first-order chi connectivity index (χ1) is 13.1. The number of nitrogen functional groups attached to an aromatic ring is 1. The Morgan fingerprint density at radius 3 is 2.81 bits per heavy atom. The third-order valence-electron chi connectivity index (χ3n) is 6.13. The molecular formula is C21H17N3O3. The number of esters is 1. The van der Waals surface area contributed by atoms with Gasteiger partial charge < -0.3 is 15.0 Å². The largest absolute Gasteiger partial charge is 0.460 e. The lowest BCUT2D eigenvalue weighted by Gasteiger charge is -2.21. The zero-order valence-electron chi connectivity index (χ0n) is 14.7. The van der Waals surface area contributed by atoms with Gasteiger partial charge in [0.25, 0.3) is 5.56 Å². The molecule has 6 nitrogen and oxygen atoms in total. The quantitative estimate of drug-likeness (QED) is 0.384. The van der Waals surface area contributed by atoms with Crippen molar-refractivity contribution < 1.29 is 9.53 Å². The number of anilines is 1. The molecule has 4 heterocycles. The molecule has 0 bridgehead atoms. The van der Waals surface area contributed by atoms with Crippen molar-refractivity contribution in [1.29, 1.82) is 0 Å². The number of carbonyl (C=O) groups is 1. The van der Waals surface area contributed by atoms with Crippen molar-refractivity contribution in [2.24, 2.45) is 0 Å². The molecule has 0 amide bonds. The molecule has 2 N–H and O–H groups in total. The van der Waals surface area contributed by atoms with Gasteiger partial charge in [-0.1, -0.05) is 0 Å². The predicted octanol–water partition coefficient (Wildman–Crippen LogP) is 2.10. The summed E-state index contributed by atoms with van der Waals surface area (Å²) in [4.78, 5) is 29.6. The number of nitrogens with zero attached hydrogens (tertiary/aromatic N) is 2. The molecule has 1 aromatic carbocycles. The van der Waals surface area contributed by atoms with Gasteiger partial charge in [-0.2, -0.15) is 0 Å². The van der Waals surface area contributed by atoms with Crippen LogP contribution in [-0.4, -0.2) is 15.5 Å². The van der Waals surface area contributed by atoms with Gasteiger partial charge in [0.15, 0.2) is 0 Å². The lowest BCUT2D eigenvalue weighted by Crippen LogP contribution is -2.30. The molecule has 3 aromatic rings. The van der Waals surface area contributed by atoms with Gasteiger partial charge in [-0.05, 0) is 54.2 Å². The average molecular weight is 359 g/mol. The van der Waals surface area contributed by atoms with Crippen LogP contribution in [0.2, 0.25) is 0 Å². The van der Waals surface area contributed by atoms with Crippen LogP contribution < -0.4 is 11.3 Å². The number of pyridine rings is 2. The van der Waals surface area contributed by atoms with Crippen LogP contribution in [0.15, 0.2) is 23.0 Å². The highest BCUT2D eigenvalue weighted by molar-refractivity contribution is 5.94. The Balaban J connectivity index is 1.67. The molecule has 0 atom stereocenters. The SMILES string of the molecule is Nc1ccc2nc3c(c4c2c1CCC4)Cn1c-3cc2c(c1=O)COC(=O)C2. The van der Waals surface area contributed by atoms with E-state index in [0.717, 1.165) is 53.0 Å². The van der Waals surface area contributed by atoms with Crippen molar-refractivity contribution in [2.45, 2.75) is 38.8 Å². The van der Waals surface area contributed by atoms with Crippen LogP contribution in [-0.2, 0) is 41.9 Å². The van der Waals surface area contributed by atoms with E-state index in [0.29, 0.717) is 12.1 Å². The van der Waals surface area contributed by atoms with Crippen LogP contribution in [0.4, 0.5) is 5.69 Å². The number of hydrogen-bond acceptors (Lipinski definition) is 5. The minimum Gasteiger partial charge on any atom is -0.460 e. The van der Waals surface area contributed by atoms with Crippen LogP contribution in [0.3, 0.4) is 0 Å². The zero-order chi connectivity index (χ0) is 18.3. The van der Waals surface area contributed by atoms with Crippen LogP contribution in [0.1, 0.15) is 34.2 Å². The molecule has 27 heavy (non-hydrogen) atoms. The summed E-state index contributed by atoms with van der Waals surface area (Å²) in [6.45, 7) is 0.587. The van der Waals surface area contributed by atoms with Crippen molar-refractivity contribution in [3.8, 4) is 11.4 Å². The van der Waals surface area contributed by atoms with Crippen molar-refractivity contribution in [3.63, 3.8) is 0 Å². The standard InChI is InChI=1S/C21H17N3O3/c22-15-4-5-16-19-11(2-1-3-12(15)19)13-8-24-17(20(13)23-16)6-10-7-18(25)27-9-14(10)21(24)26/h4-6H,1-3,7-9,22H2. The van der Waals surface area contributed by atoms with Crippen molar-refractivity contribution in [3.05, 3.63) is 56.4 Å². The molecular weight excluding hydrogens is 342 g/mol. The van der Waals surface area contributed by atoms with E-state index in [1.165, 1.54) is 16.5 Å². The monoisotopic (exact) mass is 359 g/mol. The number of fused-ring (bicyclic) bond motifs is 5. The van der Waals surface area contributed by atoms with Gasteiger partial charge in [-0.15, -0.1) is 0 Å². The predicted molar refractivity (Wildman–Crippen MR) is 100 cm³/mol. The molecule has 134 valence electrons. The van der Waals surface area contributed by atoms with Gasteiger partial charge in [0.2, 0.25) is 0 Å². The fourth-order valence-electron chi connectivity index (χ4n) is 4.85. The summed E-state index contributed by atoms with van der Waals surface area (Å²) in [7, 11) is 0. The second-order valence-electron chi connectivity index (χ2n) is 7.56. The normalized spacial score (nSPS) is 16.7. The molecule has 2 aromatic heterocycles. The van der Waals surface area contributed by atoms with Crippen LogP contribution in [0, 0.1) is 0 Å². The van der Waals surface area contributed by atoms with E-state index >= 15 is 0 Å². The number of cyclic esters (lactones) is 1. The lowest BCUT2D eigenvalue weighted by molar-refractivity contribution is -0.145. The first kappa shape index (κ1) is 15.0. The van der Waals surface area contributed by atoms with Crippen molar-refractivity contribution in [2.75, 3.05) is 5.73 Å². The number of nitrogens with two attached hydrogens (primary N) is 1. The number of benzene rings is 1.